The minimum absolute atomic E-state index is 0.0117. The van der Waals surface area contributed by atoms with Gasteiger partial charge in [0.2, 0.25) is 5.91 Å². The second-order valence-corrected chi connectivity index (χ2v) is 6.24. The molecule has 0 aromatic heterocycles. The lowest BCUT2D eigenvalue weighted by atomic mass is 10.1. The number of nitrogens with one attached hydrogen (secondary N) is 2. The first-order chi connectivity index (χ1) is 11.5. The number of carbonyl (C=O) groups excluding carboxylic acids is 2. The molecular formula is C18H18ClN3O2. The Labute approximate surface area is 145 Å². The van der Waals surface area contributed by atoms with E-state index in [2.05, 4.69) is 10.6 Å². The zero-order valence-electron chi connectivity index (χ0n) is 13.2. The van der Waals surface area contributed by atoms with Gasteiger partial charge in [0.25, 0.3) is 0 Å². The molecule has 2 N–H and O–H groups in total. The lowest BCUT2D eigenvalue weighted by Crippen LogP contribution is -2.47. The molecule has 1 fully saturated rings. The molecule has 0 bridgehead atoms. The van der Waals surface area contributed by atoms with Crippen LogP contribution in [-0.2, 0) is 4.79 Å². The summed E-state index contributed by atoms with van der Waals surface area (Å²) in [6, 6.07) is 15.9. The number of benzene rings is 2. The van der Waals surface area contributed by atoms with Gasteiger partial charge >= 0.3 is 6.03 Å². The predicted octanol–water partition coefficient (Wildman–Crippen LogP) is 3.86. The summed E-state index contributed by atoms with van der Waals surface area (Å²) in [5.41, 5.74) is 1.42. The van der Waals surface area contributed by atoms with Gasteiger partial charge in [-0.05, 0) is 42.8 Å². The minimum Gasteiger partial charge on any atom is -0.317 e. The van der Waals surface area contributed by atoms with E-state index in [4.69, 9.17) is 11.6 Å². The van der Waals surface area contributed by atoms with Gasteiger partial charge in [-0.2, -0.15) is 0 Å². The normalized spacial score (nSPS) is 20.1. The third-order valence-corrected chi connectivity index (χ3v) is 4.23. The Morgan fingerprint density at radius 1 is 1.12 bits per heavy atom. The van der Waals surface area contributed by atoms with Crippen LogP contribution >= 0.6 is 11.6 Å². The number of para-hydroxylation sites is 1. The Hall–Kier alpha value is -2.53. The second kappa shape index (κ2) is 6.93. The Morgan fingerprint density at radius 2 is 1.79 bits per heavy atom. The first-order valence-corrected chi connectivity index (χ1v) is 8.13. The molecule has 6 heteroatoms. The molecule has 0 unspecified atom stereocenters. The highest BCUT2D eigenvalue weighted by atomic mass is 35.5. The van der Waals surface area contributed by atoms with Crippen LogP contribution in [0.4, 0.5) is 16.2 Å². The molecule has 24 heavy (non-hydrogen) atoms. The van der Waals surface area contributed by atoms with Gasteiger partial charge in [-0.1, -0.05) is 36.7 Å². The van der Waals surface area contributed by atoms with E-state index in [1.807, 2.05) is 25.1 Å². The molecule has 0 saturated carbocycles. The van der Waals surface area contributed by atoms with Gasteiger partial charge in [-0.25, -0.2) is 4.79 Å². The molecule has 3 rings (SSSR count). The number of carbonyl (C=O) groups is 2. The van der Waals surface area contributed by atoms with Crippen LogP contribution in [0.5, 0.6) is 0 Å². The fourth-order valence-corrected chi connectivity index (χ4v) is 2.93. The first kappa shape index (κ1) is 16.3. The van der Waals surface area contributed by atoms with Crippen molar-refractivity contribution in [2.75, 3.05) is 10.2 Å². The summed E-state index contributed by atoms with van der Waals surface area (Å²) < 4.78 is 0. The fourth-order valence-electron chi connectivity index (χ4n) is 2.80. The molecule has 1 heterocycles. The first-order valence-electron chi connectivity index (χ1n) is 7.76. The standard InChI is InChI=1S/C18H18ClN3O2/c1-12-11-16(21-18(24)20-14-5-3-2-4-6-14)22(17(12)23)15-9-7-13(19)8-10-15/h2-10,12,16H,11H2,1H3,(H2,20,21,24)/t12-,16+/m0/s1. The van der Waals surface area contributed by atoms with Crippen LogP contribution in [0.2, 0.25) is 5.02 Å². The molecule has 1 saturated heterocycles. The number of hydrogen-bond acceptors (Lipinski definition) is 2. The highest BCUT2D eigenvalue weighted by Crippen LogP contribution is 2.29. The summed E-state index contributed by atoms with van der Waals surface area (Å²) in [4.78, 5) is 26.3. The summed E-state index contributed by atoms with van der Waals surface area (Å²) >= 11 is 5.91. The number of rotatable bonds is 3. The van der Waals surface area contributed by atoms with E-state index in [0.717, 1.165) is 5.69 Å². The van der Waals surface area contributed by atoms with Gasteiger partial charge in [0, 0.05) is 22.3 Å². The van der Waals surface area contributed by atoms with Crippen molar-refractivity contribution >= 4 is 34.9 Å². The van der Waals surface area contributed by atoms with Crippen LogP contribution in [0.25, 0.3) is 0 Å². The molecule has 3 amide bonds. The maximum atomic E-state index is 12.5. The van der Waals surface area contributed by atoms with E-state index in [9.17, 15) is 9.59 Å². The van der Waals surface area contributed by atoms with Crippen LogP contribution < -0.4 is 15.5 Å². The Bertz CT molecular complexity index is 734. The minimum atomic E-state index is -0.391. The summed E-state index contributed by atoms with van der Waals surface area (Å²) in [5, 5.41) is 6.25. The Balaban J connectivity index is 1.74. The van der Waals surface area contributed by atoms with E-state index in [0.29, 0.717) is 17.1 Å². The predicted molar refractivity (Wildman–Crippen MR) is 95.1 cm³/mol. The van der Waals surface area contributed by atoms with Crippen molar-refractivity contribution in [2.24, 2.45) is 5.92 Å². The summed E-state index contributed by atoms with van der Waals surface area (Å²) in [5.74, 6) is -0.162. The zero-order chi connectivity index (χ0) is 17.1. The summed E-state index contributed by atoms with van der Waals surface area (Å²) in [7, 11) is 0. The van der Waals surface area contributed by atoms with Crippen molar-refractivity contribution in [3.05, 3.63) is 59.6 Å². The highest BCUT2D eigenvalue weighted by Gasteiger charge is 2.38. The molecule has 0 radical (unpaired) electrons. The Morgan fingerprint density at radius 3 is 2.46 bits per heavy atom. The summed E-state index contributed by atoms with van der Waals surface area (Å²) in [6.45, 7) is 1.86. The highest BCUT2D eigenvalue weighted by molar-refractivity contribution is 6.30. The molecule has 2 aromatic carbocycles. The van der Waals surface area contributed by atoms with Crippen LogP contribution in [0, 0.1) is 5.92 Å². The molecule has 1 aliphatic heterocycles. The quantitative estimate of drug-likeness (QED) is 0.889. The zero-order valence-corrected chi connectivity index (χ0v) is 14.0. The third kappa shape index (κ3) is 3.51. The van der Waals surface area contributed by atoms with Crippen molar-refractivity contribution in [3.8, 4) is 0 Å². The van der Waals surface area contributed by atoms with E-state index in [-0.39, 0.29) is 17.9 Å². The van der Waals surface area contributed by atoms with Gasteiger partial charge in [0.1, 0.15) is 6.17 Å². The van der Waals surface area contributed by atoms with Gasteiger partial charge < -0.3 is 10.6 Å². The summed E-state index contributed by atoms with van der Waals surface area (Å²) in [6.07, 6.45) is 0.168. The van der Waals surface area contributed by atoms with Gasteiger partial charge in [0.05, 0.1) is 0 Å². The monoisotopic (exact) mass is 343 g/mol. The van der Waals surface area contributed by atoms with Gasteiger partial charge in [-0.15, -0.1) is 0 Å². The number of urea groups is 1. The number of anilines is 2. The van der Waals surface area contributed by atoms with Crippen LogP contribution in [0.3, 0.4) is 0 Å². The average Bonchev–Trinajstić information content (AvgIpc) is 2.83. The SMILES string of the molecule is C[C@H]1C[C@H](NC(=O)Nc2ccccc2)N(c2ccc(Cl)cc2)C1=O. The largest absolute Gasteiger partial charge is 0.320 e. The van der Waals surface area contributed by atoms with Crippen LogP contribution in [0.15, 0.2) is 54.6 Å². The average molecular weight is 344 g/mol. The van der Waals surface area contributed by atoms with Crippen molar-refractivity contribution < 1.29 is 9.59 Å². The number of nitrogens with zero attached hydrogens (tertiary/aromatic N) is 1. The number of hydrogen-bond donors (Lipinski definition) is 2. The van der Waals surface area contributed by atoms with Gasteiger partial charge in [0.15, 0.2) is 0 Å². The number of halogens is 1. The molecule has 2 atom stereocenters. The molecule has 2 aromatic rings. The van der Waals surface area contributed by atoms with Crippen LogP contribution in [0.1, 0.15) is 13.3 Å². The molecule has 1 aliphatic rings. The second-order valence-electron chi connectivity index (χ2n) is 5.80. The lowest BCUT2D eigenvalue weighted by molar-refractivity contribution is -0.120. The maximum absolute atomic E-state index is 12.5. The lowest BCUT2D eigenvalue weighted by Gasteiger charge is -2.25. The Kier molecular flexibility index (Phi) is 4.71. The third-order valence-electron chi connectivity index (χ3n) is 3.98. The van der Waals surface area contributed by atoms with E-state index >= 15 is 0 Å². The van der Waals surface area contributed by atoms with E-state index in [1.54, 1.807) is 41.3 Å². The molecule has 124 valence electrons. The van der Waals surface area contributed by atoms with E-state index in [1.165, 1.54) is 0 Å². The maximum Gasteiger partial charge on any atom is 0.320 e. The van der Waals surface area contributed by atoms with E-state index < -0.39 is 6.17 Å². The van der Waals surface area contributed by atoms with Crippen molar-refractivity contribution in [1.82, 2.24) is 5.32 Å². The fraction of sp³-hybridized carbons (Fsp3) is 0.222. The molecule has 0 spiro atoms. The van der Waals surface area contributed by atoms with Crippen molar-refractivity contribution in [2.45, 2.75) is 19.5 Å². The smallest absolute Gasteiger partial charge is 0.317 e. The van der Waals surface area contributed by atoms with Crippen molar-refractivity contribution in [1.29, 1.82) is 0 Å². The van der Waals surface area contributed by atoms with Crippen molar-refractivity contribution in [3.63, 3.8) is 0 Å². The van der Waals surface area contributed by atoms with Crippen LogP contribution in [-0.4, -0.2) is 18.1 Å². The molecule has 0 aliphatic carbocycles. The topological polar surface area (TPSA) is 61.4 Å². The number of amides is 3. The molecule has 5 nitrogen and oxygen atoms in total. The van der Waals surface area contributed by atoms with Gasteiger partial charge in [-0.3, -0.25) is 9.69 Å². The molecular weight excluding hydrogens is 326 g/mol.